The van der Waals surface area contributed by atoms with Gasteiger partial charge in [0.15, 0.2) is 5.69 Å². The Kier molecular flexibility index (Phi) is 4.72. The second-order valence-corrected chi connectivity index (χ2v) is 7.29. The molecule has 2 aliphatic rings. The Morgan fingerprint density at radius 3 is 2.63 bits per heavy atom. The smallest absolute Gasteiger partial charge is 0.356 e. The van der Waals surface area contributed by atoms with Gasteiger partial charge in [-0.25, -0.2) is 9.78 Å². The molecule has 0 unspecified atom stereocenters. The van der Waals surface area contributed by atoms with Gasteiger partial charge in [0.05, 0.1) is 0 Å². The number of fused-ring (bicyclic) bond motifs is 1. The van der Waals surface area contributed by atoms with Crippen molar-refractivity contribution in [1.82, 2.24) is 19.7 Å². The van der Waals surface area contributed by atoms with E-state index < -0.39 is 5.97 Å². The summed E-state index contributed by atoms with van der Waals surface area (Å²) in [5.41, 5.74) is 2.98. The minimum atomic E-state index is -0.973. The quantitative estimate of drug-likeness (QED) is 0.881. The zero-order valence-electron chi connectivity index (χ0n) is 16.0. The second-order valence-electron chi connectivity index (χ2n) is 7.29. The lowest BCUT2D eigenvalue weighted by Gasteiger charge is -2.31. The van der Waals surface area contributed by atoms with E-state index in [1.807, 2.05) is 13.1 Å². The summed E-state index contributed by atoms with van der Waals surface area (Å²) in [5, 5.41) is 13.7. The number of aryl methyl sites for hydroxylation is 2. The summed E-state index contributed by atoms with van der Waals surface area (Å²) >= 11 is 0. The molecule has 8 heteroatoms. The standard InChI is InChI=1S/C19H26N6O2/c1-3-13-11-16(21-19(20-13)24-8-5-4-6-9-24)25-10-7-15-14(12-25)17(18(26)27)22-23(15)2/h11H,3-10,12H2,1-2H3,(H,26,27). The van der Waals surface area contributed by atoms with E-state index in [4.69, 9.17) is 9.97 Å². The fraction of sp³-hybridized carbons (Fsp3) is 0.579. The first-order valence-electron chi connectivity index (χ1n) is 9.72. The van der Waals surface area contributed by atoms with Crippen LogP contribution in [0.2, 0.25) is 0 Å². The number of hydrogen-bond acceptors (Lipinski definition) is 6. The summed E-state index contributed by atoms with van der Waals surface area (Å²) in [6.07, 6.45) is 5.24. The zero-order chi connectivity index (χ0) is 19.0. The van der Waals surface area contributed by atoms with Crippen LogP contribution in [0.5, 0.6) is 0 Å². The van der Waals surface area contributed by atoms with Crippen LogP contribution >= 0.6 is 0 Å². The molecular weight excluding hydrogens is 344 g/mol. The maximum absolute atomic E-state index is 11.6. The number of carbonyl (C=O) groups is 1. The Hall–Kier alpha value is -2.64. The lowest BCUT2D eigenvalue weighted by molar-refractivity contribution is 0.0688. The number of rotatable bonds is 4. The van der Waals surface area contributed by atoms with E-state index in [0.29, 0.717) is 6.54 Å². The SMILES string of the molecule is CCc1cc(N2CCc3c(c(C(=O)O)nn3C)C2)nc(N2CCCCC2)n1. The zero-order valence-corrected chi connectivity index (χ0v) is 16.0. The average molecular weight is 370 g/mol. The summed E-state index contributed by atoms with van der Waals surface area (Å²) in [4.78, 5) is 25.6. The maximum atomic E-state index is 11.6. The van der Waals surface area contributed by atoms with Crippen molar-refractivity contribution >= 4 is 17.7 Å². The first-order valence-corrected chi connectivity index (χ1v) is 9.72. The molecule has 0 spiro atoms. The van der Waals surface area contributed by atoms with Gasteiger partial charge in [-0.3, -0.25) is 4.68 Å². The molecule has 1 saturated heterocycles. The summed E-state index contributed by atoms with van der Waals surface area (Å²) in [7, 11) is 1.81. The van der Waals surface area contributed by atoms with Crippen LogP contribution < -0.4 is 9.80 Å². The maximum Gasteiger partial charge on any atom is 0.356 e. The summed E-state index contributed by atoms with van der Waals surface area (Å²) in [6.45, 7) is 5.42. The molecule has 1 N–H and O–H groups in total. The lowest BCUT2D eigenvalue weighted by atomic mass is 10.0. The number of nitrogens with zero attached hydrogens (tertiary/aromatic N) is 6. The van der Waals surface area contributed by atoms with Crippen molar-refractivity contribution in [3.63, 3.8) is 0 Å². The highest BCUT2D eigenvalue weighted by molar-refractivity contribution is 5.87. The van der Waals surface area contributed by atoms with Crippen molar-refractivity contribution in [2.45, 2.75) is 45.6 Å². The van der Waals surface area contributed by atoms with Gasteiger partial charge in [0.25, 0.3) is 0 Å². The highest BCUT2D eigenvalue weighted by atomic mass is 16.4. The van der Waals surface area contributed by atoms with Crippen LogP contribution in [-0.4, -0.2) is 50.5 Å². The molecular formula is C19H26N6O2. The van der Waals surface area contributed by atoms with E-state index in [2.05, 4.69) is 21.8 Å². The molecule has 144 valence electrons. The molecule has 0 aromatic carbocycles. The highest BCUT2D eigenvalue weighted by Crippen LogP contribution is 2.28. The number of aromatic nitrogens is 4. The van der Waals surface area contributed by atoms with Crippen LogP contribution in [0.25, 0.3) is 0 Å². The second kappa shape index (κ2) is 7.17. The Balaban J connectivity index is 1.66. The molecule has 2 aliphatic heterocycles. The first-order chi connectivity index (χ1) is 13.1. The molecule has 1 fully saturated rings. The summed E-state index contributed by atoms with van der Waals surface area (Å²) in [5.74, 6) is 0.715. The van der Waals surface area contributed by atoms with Gasteiger partial charge < -0.3 is 14.9 Å². The first kappa shape index (κ1) is 17.8. The van der Waals surface area contributed by atoms with E-state index in [1.54, 1.807) is 4.68 Å². The van der Waals surface area contributed by atoms with Gasteiger partial charge in [-0.05, 0) is 25.7 Å². The van der Waals surface area contributed by atoms with Crippen molar-refractivity contribution in [1.29, 1.82) is 0 Å². The molecule has 0 radical (unpaired) electrons. The fourth-order valence-corrected chi connectivity index (χ4v) is 4.01. The van der Waals surface area contributed by atoms with Crippen LogP contribution in [0.1, 0.15) is 53.6 Å². The van der Waals surface area contributed by atoms with E-state index in [1.165, 1.54) is 19.3 Å². The van der Waals surface area contributed by atoms with Crippen LogP contribution in [-0.2, 0) is 26.4 Å². The molecule has 0 atom stereocenters. The average Bonchev–Trinajstić information content (AvgIpc) is 3.04. The van der Waals surface area contributed by atoms with E-state index in [-0.39, 0.29) is 5.69 Å². The number of anilines is 2. The Labute approximate surface area is 158 Å². The monoisotopic (exact) mass is 370 g/mol. The molecule has 4 rings (SSSR count). The largest absolute Gasteiger partial charge is 0.476 e. The van der Waals surface area contributed by atoms with Gasteiger partial charge in [0, 0.05) is 62.7 Å². The molecule has 0 saturated carbocycles. The van der Waals surface area contributed by atoms with Crippen LogP contribution in [0.3, 0.4) is 0 Å². The van der Waals surface area contributed by atoms with Gasteiger partial charge in [0.1, 0.15) is 5.82 Å². The molecule has 0 aliphatic carbocycles. The van der Waals surface area contributed by atoms with Crippen LogP contribution in [0.15, 0.2) is 6.07 Å². The Morgan fingerprint density at radius 1 is 1.15 bits per heavy atom. The normalized spacial score (nSPS) is 17.1. The third-order valence-electron chi connectivity index (χ3n) is 5.52. The van der Waals surface area contributed by atoms with Crippen molar-refractivity contribution < 1.29 is 9.90 Å². The molecule has 4 heterocycles. The van der Waals surface area contributed by atoms with Crippen molar-refractivity contribution in [3.8, 4) is 0 Å². The van der Waals surface area contributed by atoms with Gasteiger partial charge in [0.2, 0.25) is 5.95 Å². The van der Waals surface area contributed by atoms with Crippen LogP contribution in [0.4, 0.5) is 11.8 Å². The Bertz CT molecular complexity index is 856. The minimum Gasteiger partial charge on any atom is -0.476 e. The highest BCUT2D eigenvalue weighted by Gasteiger charge is 2.28. The van der Waals surface area contributed by atoms with E-state index in [0.717, 1.165) is 61.2 Å². The van der Waals surface area contributed by atoms with E-state index >= 15 is 0 Å². The number of hydrogen-bond donors (Lipinski definition) is 1. The number of carboxylic acid groups (broad SMARTS) is 1. The Morgan fingerprint density at radius 2 is 1.93 bits per heavy atom. The van der Waals surface area contributed by atoms with Crippen molar-refractivity contribution in [2.75, 3.05) is 29.4 Å². The number of piperidine rings is 1. The predicted molar refractivity (Wildman–Crippen MR) is 102 cm³/mol. The van der Waals surface area contributed by atoms with Gasteiger partial charge in [-0.2, -0.15) is 10.1 Å². The molecule has 0 amide bonds. The number of aromatic carboxylic acids is 1. The third-order valence-corrected chi connectivity index (χ3v) is 5.52. The summed E-state index contributed by atoms with van der Waals surface area (Å²) < 4.78 is 1.70. The topological polar surface area (TPSA) is 87.4 Å². The van der Waals surface area contributed by atoms with Gasteiger partial charge >= 0.3 is 5.97 Å². The van der Waals surface area contributed by atoms with Crippen molar-refractivity contribution in [2.24, 2.45) is 7.05 Å². The predicted octanol–water partition coefficient (Wildman–Crippen LogP) is 2.02. The van der Waals surface area contributed by atoms with Crippen LogP contribution in [0, 0.1) is 0 Å². The van der Waals surface area contributed by atoms with E-state index in [9.17, 15) is 9.90 Å². The molecule has 27 heavy (non-hydrogen) atoms. The summed E-state index contributed by atoms with van der Waals surface area (Å²) in [6, 6.07) is 2.04. The molecule has 0 bridgehead atoms. The van der Waals surface area contributed by atoms with Gasteiger partial charge in [-0.1, -0.05) is 6.92 Å². The molecule has 2 aromatic heterocycles. The minimum absolute atomic E-state index is 0.151. The third kappa shape index (κ3) is 3.36. The fourth-order valence-electron chi connectivity index (χ4n) is 4.01. The lowest BCUT2D eigenvalue weighted by Crippen LogP contribution is -2.34. The van der Waals surface area contributed by atoms with Crippen molar-refractivity contribution in [3.05, 3.63) is 28.7 Å². The molecule has 2 aromatic rings. The molecule has 8 nitrogen and oxygen atoms in total. The van der Waals surface area contributed by atoms with Gasteiger partial charge in [-0.15, -0.1) is 0 Å². The number of carboxylic acids is 1.